The highest BCUT2D eigenvalue weighted by Crippen LogP contribution is 2.29. The van der Waals surface area contributed by atoms with E-state index in [0.29, 0.717) is 44.2 Å². The Morgan fingerprint density at radius 3 is 2.51 bits per heavy atom. The number of halogens is 2. The summed E-state index contributed by atoms with van der Waals surface area (Å²) < 4.78 is 20.7. The van der Waals surface area contributed by atoms with Gasteiger partial charge in [-0.2, -0.15) is 5.10 Å². The normalized spacial score (nSPS) is 17.2. The molecule has 0 saturated heterocycles. The van der Waals surface area contributed by atoms with Gasteiger partial charge in [-0.15, -0.1) is 0 Å². The number of nitrogens with zero attached hydrogens (tertiary/aromatic N) is 4. The fourth-order valence-electron chi connectivity index (χ4n) is 5.08. The highest BCUT2D eigenvalue weighted by Gasteiger charge is 2.25. The van der Waals surface area contributed by atoms with E-state index in [2.05, 4.69) is 20.4 Å². The van der Waals surface area contributed by atoms with Crippen LogP contribution in [0.3, 0.4) is 0 Å². The number of carboxylic acid groups (broad SMARTS) is 1. The first-order valence-corrected chi connectivity index (χ1v) is 13.0. The second kappa shape index (κ2) is 11.4. The van der Waals surface area contributed by atoms with Gasteiger partial charge in [0.1, 0.15) is 23.9 Å². The molecule has 4 aromatic rings. The van der Waals surface area contributed by atoms with Gasteiger partial charge in [0.25, 0.3) is 5.91 Å². The van der Waals surface area contributed by atoms with E-state index in [4.69, 9.17) is 21.4 Å². The summed E-state index contributed by atoms with van der Waals surface area (Å²) in [6.07, 6.45) is 7.98. The third-order valence-electron chi connectivity index (χ3n) is 7.03. The van der Waals surface area contributed by atoms with Crippen LogP contribution in [-0.2, 0) is 11.3 Å². The molecule has 5 rings (SSSR count). The van der Waals surface area contributed by atoms with Crippen LogP contribution in [0.25, 0.3) is 22.0 Å². The van der Waals surface area contributed by atoms with Crippen molar-refractivity contribution in [2.45, 2.75) is 44.7 Å². The quantitative estimate of drug-likeness (QED) is 0.312. The van der Waals surface area contributed by atoms with Crippen molar-refractivity contribution in [3.8, 4) is 16.9 Å². The van der Waals surface area contributed by atoms with Gasteiger partial charge in [0.2, 0.25) is 0 Å². The molecule has 0 spiro atoms. The van der Waals surface area contributed by atoms with Crippen molar-refractivity contribution in [1.29, 1.82) is 0 Å². The maximum absolute atomic E-state index is 13.9. The molecule has 2 N–H and O–H groups in total. The number of methoxy groups -OCH3 is 1. The molecule has 1 aliphatic carbocycles. The number of carbonyl (C=O) groups excluding carboxylic acids is 1. The van der Waals surface area contributed by atoms with E-state index in [1.54, 1.807) is 41.5 Å². The molecule has 2 aromatic carbocycles. The Balaban J connectivity index is 1.34. The van der Waals surface area contributed by atoms with E-state index in [1.807, 2.05) is 0 Å². The van der Waals surface area contributed by atoms with Crippen molar-refractivity contribution in [1.82, 2.24) is 25.1 Å². The van der Waals surface area contributed by atoms with E-state index < -0.39 is 11.8 Å². The lowest BCUT2D eigenvalue weighted by Gasteiger charge is -2.28. The Morgan fingerprint density at radius 1 is 1.08 bits per heavy atom. The van der Waals surface area contributed by atoms with Crippen molar-refractivity contribution in [2.75, 3.05) is 7.11 Å². The van der Waals surface area contributed by atoms with Gasteiger partial charge in [-0.05, 0) is 61.4 Å². The van der Waals surface area contributed by atoms with Gasteiger partial charge in [0.15, 0.2) is 0 Å². The van der Waals surface area contributed by atoms with Crippen molar-refractivity contribution >= 4 is 34.4 Å². The molecule has 1 fully saturated rings. The molecular weight excluding hydrogens is 525 g/mol. The number of hydrogen-bond acceptors (Lipinski definition) is 6. The zero-order valence-corrected chi connectivity index (χ0v) is 22.0. The van der Waals surface area contributed by atoms with E-state index in [-0.39, 0.29) is 30.8 Å². The Kier molecular flexibility index (Phi) is 7.74. The topological polar surface area (TPSA) is 119 Å². The lowest BCUT2D eigenvalue weighted by Crippen LogP contribution is -2.38. The number of amides is 1. The molecule has 202 valence electrons. The fraction of sp³-hybridized carbons (Fsp3) is 0.321. The lowest BCUT2D eigenvalue weighted by atomic mass is 9.84. The van der Waals surface area contributed by atoms with Crippen LogP contribution >= 0.6 is 11.6 Å². The summed E-state index contributed by atoms with van der Waals surface area (Å²) in [7, 11) is 1.47. The molecular formula is C28H27ClFN5O4. The van der Waals surface area contributed by atoms with Gasteiger partial charge in [0.05, 0.1) is 24.4 Å². The minimum absolute atomic E-state index is 0.0368. The molecule has 0 unspecified atom stereocenters. The van der Waals surface area contributed by atoms with Gasteiger partial charge in [-0.25, -0.2) is 14.4 Å². The number of carboxylic acids is 1. The highest BCUT2D eigenvalue weighted by atomic mass is 35.5. The number of benzene rings is 2. The lowest BCUT2D eigenvalue weighted by molar-refractivity contribution is -0.138. The van der Waals surface area contributed by atoms with Crippen molar-refractivity contribution in [3.63, 3.8) is 0 Å². The summed E-state index contributed by atoms with van der Waals surface area (Å²) in [5.74, 6) is -0.467. The number of ether oxygens (including phenoxy) is 1. The van der Waals surface area contributed by atoms with E-state index in [9.17, 15) is 14.0 Å². The summed E-state index contributed by atoms with van der Waals surface area (Å²) in [5.41, 5.74) is 2.23. The Labute approximate surface area is 229 Å². The summed E-state index contributed by atoms with van der Waals surface area (Å²) in [5, 5.41) is 17.7. The Morgan fingerprint density at radius 2 is 1.82 bits per heavy atom. The third kappa shape index (κ3) is 6.17. The molecule has 1 saturated carbocycles. The molecule has 0 radical (unpaired) electrons. The van der Waals surface area contributed by atoms with Crippen LogP contribution in [0.15, 0.2) is 48.9 Å². The molecule has 0 bridgehead atoms. The average Bonchev–Trinajstić information content (AvgIpc) is 3.31. The number of aliphatic carboxylic acids is 1. The van der Waals surface area contributed by atoms with Gasteiger partial charge in [-0.3, -0.25) is 14.3 Å². The molecule has 9 nitrogen and oxygen atoms in total. The van der Waals surface area contributed by atoms with E-state index in [0.717, 1.165) is 25.7 Å². The highest BCUT2D eigenvalue weighted by molar-refractivity contribution is 6.32. The molecule has 11 heteroatoms. The average molecular weight is 552 g/mol. The van der Waals surface area contributed by atoms with Crippen LogP contribution in [-0.4, -0.2) is 49.9 Å². The zero-order valence-electron chi connectivity index (χ0n) is 21.2. The van der Waals surface area contributed by atoms with Crippen molar-refractivity contribution < 1.29 is 23.8 Å². The first kappa shape index (κ1) is 26.6. The smallest absolute Gasteiger partial charge is 0.303 e. The van der Waals surface area contributed by atoms with Gasteiger partial charge in [-0.1, -0.05) is 11.6 Å². The van der Waals surface area contributed by atoms with Crippen molar-refractivity contribution in [2.24, 2.45) is 5.92 Å². The predicted molar refractivity (Wildman–Crippen MR) is 143 cm³/mol. The largest absolute Gasteiger partial charge is 0.497 e. The third-order valence-corrected chi connectivity index (χ3v) is 7.24. The van der Waals surface area contributed by atoms with E-state index in [1.165, 1.54) is 19.2 Å². The fourth-order valence-corrected chi connectivity index (χ4v) is 5.30. The minimum atomic E-state index is -0.787. The maximum atomic E-state index is 13.9. The van der Waals surface area contributed by atoms with Gasteiger partial charge in [0, 0.05) is 46.9 Å². The Bertz CT molecular complexity index is 1520. The predicted octanol–water partition coefficient (Wildman–Crippen LogP) is 5.11. The van der Waals surface area contributed by atoms with Crippen molar-refractivity contribution in [3.05, 3.63) is 71.2 Å². The van der Waals surface area contributed by atoms with Crippen LogP contribution in [0.4, 0.5) is 4.39 Å². The van der Waals surface area contributed by atoms with Crippen LogP contribution in [0, 0.1) is 11.7 Å². The zero-order chi connectivity index (χ0) is 27.5. The number of aromatic nitrogens is 4. The second-order valence-corrected chi connectivity index (χ2v) is 10.2. The first-order chi connectivity index (χ1) is 18.8. The molecule has 2 heterocycles. The summed E-state index contributed by atoms with van der Waals surface area (Å²) in [6, 6.07) is 7.71. The molecule has 0 aliphatic heterocycles. The standard InChI is InChI=1S/C28H27ClFN5O4/c1-39-23-9-17(8-21(30)11-23)19-12-31-25(32-13-19)15-35-27-18(14-33-35)7-20(29)10-24(27)28(38)34-22-4-2-16(3-5-22)6-26(36)37/h7-14,16,22H,2-6,15H2,1H3,(H,34,38)(H,36,37). The van der Waals surface area contributed by atoms with Crippen LogP contribution in [0.2, 0.25) is 5.02 Å². The molecule has 0 atom stereocenters. The van der Waals surface area contributed by atoms with E-state index >= 15 is 0 Å². The van der Waals surface area contributed by atoms with Gasteiger partial charge >= 0.3 is 5.97 Å². The van der Waals surface area contributed by atoms with Crippen LogP contribution < -0.4 is 10.1 Å². The summed E-state index contributed by atoms with van der Waals surface area (Å²) in [6.45, 7) is 0.207. The number of carbonyl (C=O) groups is 2. The first-order valence-electron chi connectivity index (χ1n) is 12.6. The maximum Gasteiger partial charge on any atom is 0.303 e. The van der Waals surface area contributed by atoms with Gasteiger partial charge < -0.3 is 15.2 Å². The Hall–Kier alpha value is -4.05. The summed E-state index contributed by atoms with van der Waals surface area (Å²) in [4.78, 5) is 33.2. The number of hydrogen-bond donors (Lipinski definition) is 2. The van der Waals surface area contributed by atoms with Crippen LogP contribution in [0.1, 0.15) is 48.3 Å². The molecule has 1 aliphatic rings. The molecule has 39 heavy (non-hydrogen) atoms. The molecule has 2 aromatic heterocycles. The number of nitrogens with one attached hydrogen (secondary N) is 1. The minimum Gasteiger partial charge on any atom is -0.497 e. The van der Waals surface area contributed by atoms with Crippen LogP contribution in [0.5, 0.6) is 5.75 Å². The number of fused-ring (bicyclic) bond motifs is 1. The monoisotopic (exact) mass is 551 g/mol. The summed E-state index contributed by atoms with van der Waals surface area (Å²) >= 11 is 6.32. The SMILES string of the molecule is COc1cc(F)cc(-c2cnc(Cn3ncc4cc(Cl)cc(C(=O)NC5CCC(CC(=O)O)CC5)c43)nc2)c1. The number of rotatable bonds is 8. The molecule has 1 amide bonds. The second-order valence-electron chi connectivity index (χ2n) is 9.75.